The number of nitrogens with two attached hydrogens (primary N) is 2. The Bertz CT molecular complexity index is 2870. The van der Waals surface area contributed by atoms with Crippen molar-refractivity contribution in [2.45, 2.75) is 55.6 Å². The molecular weight excluding hydrogens is 954 g/mol. The van der Waals surface area contributed by atoms with Crippen LogP contribution in [0, 0.1) is 0 Å². The second-order valence-electron chi connectivity index (χ2n) is 13.7. The van der Waals surface area contributed by atoms with Gasteiger partial charge in [0.25, 0.3) is 17.1 Å². The van der Waals surface area contributed by atoms with Crippen LogP contribution < -0.4 is 32.6 Å². The minimum Gasteiger partial charge on any atom is -0.387 e. The molecule has 0 radical (unpaired) electrons. The van der Waals surface area contributed by atoms with Gasteiger partial charge in [-0.3, -0.25) is 46.8 Å². The number of hydrogen-bond acceptors (Lipinski definition) is 24. The van der Waals surface area contributed by atoms with Gasteiger partial charge in [-0.05, 0) is 0 Å². The van der Waals surface area contributed by atoms with Crippen LogP contribution >= 0.6 is 31.1 Å². The van der Waals surface area contributed by atoms with Crippen molar-refractivity contribution in [2.24, 2.45) is 7.05 Å². The number of aliphatic hydroxyl groups is 3. The van der Waals surface area contributed by atoms with E-state index in [0.717, 1.165) is 15.6 Å². The Kier molecular flexibility index (Phi) is 13.3. The molecule has 0 saturated carbocycles. The van der Waals surface area contributed by atoms with Gasteiger partial charge in [-0.2, -0.15) is 9.29 Å². The molecule has 64 heavy (non-hydrogen) atoms. The number of anilines is 2. The molecule has 12 atom stereocenters. The number of phosphoric acid groups is 3. The summed E-state index contributed by atoms with van der Waals surface area (Å²) >= 11 is 0. The molecule has 38 heteroatoms. The van der Waals surface area contributed by atoms with Crippen LogP contribution in [0.25, 0.3) is 22.3 Å². The zero-order valence-electron chi connectivity index (χ0n) is 32.5. The molecule has 13 N–H and O–H groups in total. The molecule has 0 aromatic carbocycles. The number of ether oxygens (including phenoxy) is 3. The van der Waals surface area contributed by atoms with Crippen molar-refractivity contribution in [1.29, 1.82) is 0 Å². The fraction of sp³-hybridized carbons (Fsp3) is 0.538. The lowest BCUT2D eigenvalue weighted by atomic mass is 10.1. The molecule has 0 amide bonds. The van der Waals surface area contributed by atoms with E-state index in [1.54, 1.807) is 0 Å². The highest BCUT2D eigenvalue weighted by molar-refractivity contribution is 7.71. The normalized spacial score (nSPS) is 27.7. The van der Waals surface area contributed by atoms with Crippen LogP contribution in [0.4, 0.5) is 11.9 Å². The van der Waals surface area contributed by atoms with E-state index in [1.807, 2.05) is 0 Å². The van der Waals surface area contributed by atoms with Crippen molar-refractivity contribution in [1.82, 2.24) is 49.0 Å². The van der Waals surface area contributed by atoms with Crippen molar-refractivity contribution < 1.29 is 94.1 Å². The van der Waals surface area contributed by atoms with Crippen molar-refractivity contribution in [3.63, 3.8) is 0 Å². The second kappa shape index (κ2) is 17.9. The van der Waals surface area contributed by atoms with E-state index in [0.29, 0.717) is 6.20 Å². The number of hydrogen-bond donors (Lipinski definition) is 11. The average Bonchev–Trinajstić information content (AvgIpc) is 4.01. The van der Waals surface area contributed by atoms with Crippen molar-refractivity contribution >= 4 is 70.7 Å². The minimum absolute atomic E-state index is 0.0153. The number of aryl methyl sites for hydroxylation is 1. The number of H-pyrrole nitrogens is 2. The molecule has 0 bridgehead atoms. The SMILES string of the molecule is COC1[C@@H](O)[C@@H](COP(=O)(O)OP(=O)(O)OP(=O)(O)c2cn(CCOP(=O)(O)OC[C@H]3O[C@@H](n4cnc5c(=O)[nH]c(N)nc54)[C@@H](O)C3O)nn2)O[C@H]1[n+]1cn(C)c2c(=O)[nH]c(N)nc21. The summed E-state index contributed by atoms with van der Waals surface area (Å²) in [5.41, 5.74) is 8.79. The summed E-state index contributed by atoms with van der Waals surface area (Å²) in [6.45, 7) is -3.00. The first-order valence-corrected chi connectivity index (χ1v) is 23.9. The van der Waals surface area contributed by atoms with Gasteiger partial charge in [0.15, 0.2) is 29.2 Å². The largest absolute Gasteiger partial charge is 0.488 e. The van der Waals surface area contributed by atoms with E-state index in [4.69, 9.17) is 39.2 Å². The van der Waals surface area contributed by atoms with Crippen molar-refractivity contribution in [3.8, 4) is 0 Å². The van der Waals surface area contributed by atoms with E-state index in [2.05, 4.69) is 43.9 Å². The molecule has 7 heterocycles. The predicted molar refractivity (Wildman–Crippen MR) is 204 cm³/mol. The first-order chi connectivity index (χ1) is 29.9. The molecule has 34 nitrogen and oxygen atoms in total. The topological polar surface area (TPSA) is 485 Å². The van der Waals surface area contributed by atoms with Gasteiger partial charge < -0.3 is 60.6 Å². The van der Waals surface area contributed by atoms with Crippen LogP contribution in [0.15, 0.2) is 28.4 Å². The molecule has 0 spiro atoms. The van der Waals surface area contributed by atoms with Gasteiger partial charge in [0, 0.05) is 7.11 Å². The van der Waals surface area contributed by atoms with E-state index < -0.39 is 123 Å². The first kappa shape index (κ1) is 47.7. The van der Waals surface area contributed by atoms with Crippen molar-refractivity contribution in [2.75, 3.05) is 38.4 Å². The van der Waals surface area contributed by atoms with E-state index in [1.165, 1.54) is 29.6 Å². The van der Waals surface area contributed by atoms with E-state index in [9.17, 15) is 62.7 Å². The third-order valence-electron chi connectivity index (χ3n) is 9.33. The number of nitrogens with one attached hydrogen (secondary N) is 2. The molecule has 7 rings (SSSR count). The van der Waals surface area contributed by atoms with Gasteiger partial charge in [-0.15, -0.1) is 5.10 Å². The Balaban J connectivity index is 0.889. The van der Waals surface area contributed by atoms with Gasteiger partial charge in [0.2, 0.25) is 17.7 Å². The Hall–Kier alpha value is -4.24. The van der Waals surface area contributed by atoms with Gasteiger partial charge >= 0.3 is 36.7 Å². The smallest absolute Gasteiger partial charge is 0.387 e. The maximum atomic E-state index is 12.9. The van der Waals surface area contributed by atoms with Gasteiger partial charge in [0.05, 0.1) is 45.9 Å². The van der Waals surface area contributed by atoms with E-state index >= 15 is 0 Å². The number of rotatable bonds is 18. The van der Waals surface area contributed by atoms with Crippen LogP contribution in [0.5, 0.6) is 0 Å². The number of methoxy groups -OCH3 is 1. The number of nitrogens with zero attached hydrogens (tertiary/aromatic N) is 9. The standard InChI is InChI=1S/C26H37N13O21P4/c1-36-9-39(20-14(36)22(44)33-26(28)31-20)24-18(53-2)16(41)11(58-24)7-56-63(49,50)60-64(51,52)59-61(45,46)12-5-37(35-34-12)3-4-54-62(47,48)55-6-10-15(40)17(42)23(57-10)38-8-29-13-19(38)30-25(27)32-21(13)43/h5,8-11,15-18,23-24,40-42H,3-4,6-7H2,1-2H3,(H9-,27,28,30,31,32,33,43,44,45,46,47,48,49,50,51,52)/p+1/t10-,11-,15?,16+,17+,18?,23-,24-/m1/s1. The number of fused-ring (bicyclic) bond motifs is 2. The summed E-state index contributed by atoms with van der Waals surface area (Å²) in [5, 5.41) is 38.7. The summed E-state index contributed by atoms with van der Waals surface area (Å²) in [6, 6.07) is 0. The van der Waals surface area contributed by atoms with Gasteiger partial charge in [-0.25, -0.2) is 32.2 Å². The highest BCUT2D eigenvalue weighted by Gasteiger charge is 2.50. The zero-order valence-corrected chi connectivity index (χ0v) is 36.1. The first-order valence-electron chi connectivity index (χ1n) is 17.8. The molecule has 6 unspecified atom stereocenters. The maximum absolute atomic E-state index is 12.9. The van der Waals surface area contributed by atoms with Crippen LogP contribution in [0.3, 0.4) is 0 Å². The number of imidazole rings is 2. The zero-order chi connectivity index (χ0) is 46.7. The third-order valence-corrected chi connectivity index (χ3v) is 14.9. The Morgan fingerprint density at radius 1 is 0.859 bits per heavy atom. The summed E-state index contributed by atoms with van der Waals surface area (Å²) in [5.74, 6) is -0.515. The van der Waals surface area contributed by atoms with Crippen LogP contribution in [-0.4, -0.2) is 147 Å². The molecule has 5 aromatic rings. The number of nitrogen functional groups attached to an aromatic ring is 2. The lowest BCUT2D eigenvalue weighted by Gasteiger charge is -2.20. The number of aliphatic hydroxyl groups excluding tert-OH is 3. The minimum atomic E-state index is -5.98. The van der Waals surface area contributed by atoms with E-state index in [-0.39, 0.29) is 34.2 Å². The van der Waals surface area contributed by atoms with Crippen LogP contribution in [0.2, 0.25) is 0 Å². The monoisotopic (exact) mass is 992 g/mol. The van der Waals surface area contributed by atoms with Crippen LogP contribution in [-0.2, 0) is 68.3 Å². The third kappa shape index (κ3) is 9.95. The van der Waals surface area contributed by atoms with Gasteiger partial charge in [0.1, 0.15) is 36.6 Å². The fourth-order valence-electron chi connectivity index (χ4n) is 6.52. The summed E-state index contributed by atoms with van der Waals surface area (Å²) in [4.78, 5) is 81.9. The lowest BCUT2D eigenvalue weighted by Crippen LogP contribution is -2.47. The predicted octanol–water partition coefficient (Wildman–Crippen LogP) is -4.77. The maximum Gasteiger partial charge on any atom is 0.488 e. The molecule has 2 fully saturated rings. The quantitative estimate of drug-likeness (QED) is 0.0290. The highest BCUT2D eigenvalue weighted by Crippen LogP contribution is 2.67. The molecule has 2 saturated heterocycles. The molecule has 5 aromatic heterocycles. The molecule has 352 valence electrons. The molecule has 2 aliphatic rings. The highest BCUT2D eigenvalue weighted by atomic mass is 31.3. The fourth-order valence-corrected chi connectivity index (χ4v) is 11.1. The summed E-state index contributed by atoms with van der Waals surface area (Å²) in [6.07, 6.45) is -8.52. The van der Waals surface area contributed by atoms with Gasteiger partial charge in [-0.1, -0.05) is 10.2 Å². The second-order valence-corrected chi connectivity index (χ2v) is 20.1. The van der Waals surface area contributed by atoms with Crippen LogP contribution in [0.1, 0.15) is 12.5 Å². The molecule has 0 aliphatic carbocycles. The van der Waals surface area contributed by atoms with Crippen molar-refractivity contribution in [3.05, 3.63) is 39.6 Å². The summed E-state index contributed by atoms with van der Waals surface area (Å²) in [7, 11) is -19.4. The Morgan fingerprint density at radius 2 is 1.52 bits per heavy atom. The number of phosphoric ester groups is 2. The number of aromatic amines is 2. The molecule has 2 aliphatic heterocycles. The summed E-state index contributed by atoms with van der Waals surface area (Å²) < 4.78 is 94.8. The lowest BCUT2D eigenvalue weighted by molar-refractivity contribution is -0.746. The Morgan fingerprint density at radius 3 is 2.22 bits per heavy atom. The average molecular weight is 993 g/mol. The molecular formula is C26H38N13O21P4+. The Labute approximate surface area is 354 Å². The number of aromatic nitrogens is 11.